The van der Waals surface area contributed by atoms with Crippen molar-refractivity contribution in [3.05, 3.63) is 18.2 Å². The summed E-state index contributed by atoms with van der Waals surface area (Å²) in [6.45, 7) is 6.49. The van der Waals surface area contributed by atoms with E-state index in [9.17, 15) is 0 Å². The molecule has 0 aromatic carbocycles. The molecule has 3 heteroatoms. The molecule has 0 radical (unpaired) electrons. The van der Waals surface area contributed by atoms with E-state index in [1.807, 2.05) is 19.4 Å². The van der Waals surface area contributed by atoms with Crippen LogP contribution in [0.4, 0.5) is 0 Å². The van der Waals surface area contributed by atoms with E-state index in [0.717, 1.165) is 12.2 Å². The molecule has 1 aromatic heterocycles. The van der Waals surface area contributed by atoms with Crippen molar-refractivity contribution >= 4 is 0 Å². The molecule has 0 fully saturated rings. The van der Waals surface area contributed by atoms with Gasteiger partial charge >= 0.3 is 0 Å². The van der Waals surface area contributed by atoms with Gasteiger partial charge in [-0.25, -0.2) is 4.98 Å². The molecular formula is C10H19N3. The molecule has 0 aliphatic carbocycles. The number of aryl methyl sites for hydroxylation is 1. The average Bonchev–Trinajstić information content (AvgIpc) is 2.47. The molecule has 1 heterocycles. The maximum absolute atomic E-state index is 4.34. The highest BCUT2D eigenvalue weighted by Gasteiger charge is 2.13. The van der Waals surface area contributed by atoms with Gasteiger partial charge in [-0.2, -0.15) is 0 Å². The Hall–Kier alpha value is -0.830. The van der Waals surface area contributed by atoms with Crippen LogP contribution >= 0.6 is 0 Å². The Morgan fingerprint density at radius 3 is 2.62 bits per heavy atom. The minimum Gasteiger partial charge on any atom is -0.337 e. The molecule has 0 saturated heterocycles. The number of hydrogen-bond donors (Lipinski definition) is 1. The van der Waals surface area contributed by atoms with Crippen LogP contribution in [0.3, 0.4) is 0 Å². The number of rotatable bonds is 4. The summed E-state index contributed by atoms with van der Waals surface area (Å²) in [5.74, 6) is 1.12. The molecular weight excluding hydrogens is 162 g/mol. The fourth-order valence-corrected chi connectivity index (χ4v) is 1.49. The molecule has 1 rings (SSSR count). The van der Waals surface area contributed by atoms with Crippen molar-refractivity contribution < 1.29 is 0 Å². The zero-order valence-electron chi connectivity index (χ0n) is 8.91. The van der Waals surface area contributed by atoms with Crippen LogP contribution in [0.15, 0.2) is 12.4 Å². The second-order valence-corrected chi connectivity index (χ2v) is 3.68. The lowest BCUT2D eigenvalue weighted by molar-refractivity contribution is 0.439. The van der Waals surface area contributed by atoms with Crippen molar-refractivity contribution in [3.63, 3.8) is 0 Å². The van der Waals surface area contributed by atoms with Gasteiger partial charge in [-0.15, -0.1) is 0 Å². The van der Waals surface area contributed by atoms with Gasteiger partial charge < -0.3 is 9.88 Å². The molecule has 0 aliphatic heterocycles. The van der Waals surface area contributed by atoms with Crippen molar-refractivity contribution in [1.82, 2.24) is 14.9 Å². The smallest absolute Gasteiger partial charge is 0.125 e. The predicted molar refractivity (Wildman–Crippen MR) is 54.5 cm³/mol. The second-order valence-electron chi connectivity index (χ2n) is 3.68. The normalized spacial score (nSPS) is 13.6. The summed E-state index contributed by atoms with van der Waals surface area (Å²) < 4.78 is 2.07. The monoisotopic (exact) mass is 181 g/mol. The Morgan fingerprint density at radius 1 is 1.54 bits per heavy atom. The molecule has 0 spiro atoms. The second kappa shape index (κ2) is 4.42. The fourth-order valence-electron chi connectivity index (χ4n) is 1.49. The van der Waals surface area contributed by atoms with Gasteiger partial charge in [0, 0.05) is 25.5 Å². The first-order valence-electron chi connectivity index (χ1n) is 4.88. The summed E-state index contributed by atoms with van der Waals surface area (Å²) in [5.41, 5.74) is 0. The standard InChI is InChI=1S/C10H19N3/c1-5-9(12-8(2)3)10-11-6-7-13(10)4/h6-9,12H,5H2,1-4H3. The Bertz CT molecular complexity index is 252. The predicted octanol–water partition coefficient (Wildman–Crippen LogP) is 1.87. The van der Waals surface area contributed by atoms with Crippen LogP contribution in [-0.2, 0) is 7.05 Å². The third-order valence-corrected chi connectivity index (χ3v) is 2.11. The summed E-state index contributed by atoms with van der Waals surface area (Å²) in [7, 11) is 2.03. The third-order valence-electron chi connectivity index (χ3n) is 2.11. The summed E-state index contributed by atoms with van der Waals surface area (Å²) in [6, 6.07) is 0.877. The lowest BCUT2D eigenvalue weighted by atomic mass is 10.2. The first-order valence-corrected chi connectivity index (χ1v) is 4.88. The lowest BCUT2D eigenvalue weighted by Crippen LogP contribution is -2.29. The van der Waals surface area contributed by atoms with E-state index in [4.69, 9.17) is 0 Å². The molecule has 13 heavy (non-hydrogen) atoms. The van der Waals surface area contributed by atoms with Crippen LogP contribution in [0.2, 0.25) is 0 Å². The fraction of sp³-hybridized carbons (Fsp3) is 0.700. The zero-order chi connectivity index (χ0) is 9.84. The SMILES string of the molecule is CCC(NC(C)C)c1nccn1C. The molecule has 0 bridgehead atoms. The van der Waals surface area contributed by atoms with Gasteiger partial charge in [-0.05, 0) is 6.42 Å². The molecule has 0 aliphatic rings. The Morgan fingerprint density at radius 2 is 2.23 bits per heavy atom. The number of hydrogen-bond acceptors (Lipinski definition) is 2. The topological polar surface area (TPSA) is 29.9 Å². The van der Waals surface area contributed by atoms with E-state index < -0.39 is 0 Å². The third kappa shape index (κ3) is 2.56. The highest BCUT2D eigenvalue weighted by Crippen LogP contribution is 2.13. The van der Waals surface area contributed by atoms with Gasteiger partial charge in [0.1, 0.15) is 5.82 Å². The zero-order valence-corrected chi connectivity index (χ0v) is 8.91. The van der Waals surface area contributed by atoms with E-state index in [1.165, 1.54) is 0 Å². The number of nitrogens with zero attached hydrogens (tertiary/aromatic N) is 2. The first-order chi connectivity index (χ1) is 6.15. The van der Waals surface area contributed by atoms with E-state index in [1.54, 1.807) is 0 Å². The van der Waals surface area contributed by atoms with Crippen molar-refractivity contribution in [3.8, 4) is 0 Å². The average molecular weight is 181 g/mol. The van der Waals surface area contributed by atoms with Crippen molar-refractivity contribution in [1.29, 1.82) is 0 Å². The maximum Gasteiger partial charge on any atom is 0.125 e. The van der Waals surface area contributed by atoms with E-state index in [2.05, 4.69) is 35.6 Å². The maximum atomic E-state index is 4.34. The van der Waals surface area contributed by atoms with E-state index in [0.29, 0.717) is 12.1 Å². The molecule has 1 aromatic rings. The highest BCUT2D eigenvalue weighted by atomic mass is 15.1. The van der Waals surface area contributed by atoms with E-state index >= 15 is 0 Å². The molecule has 1 unspecified atom stereocenters. The van der Waals surface area contributed by atoms with Gasteiger partial charge in [-0.1, -0.05) is 20.8 Å². The van der Waals surface area contributed by atoms with Gasteiger partial charge in [0.15, 0.2) is 0 Å². The van der Waals surface area contributed by atoms with Crippen molar-refractivity contribution in [2.45, 2.75) is 39.3 Å². The van der Waals surface area contributed by atoms with Gasteiger partial charge in [0.2, 0.25) is 0 Å². The van der Waals surface area contributed by atoms with Crippen molar-refractivity contribution in [2.75, 3.05) is 0 Å². The Kier molecular flexibility index (Phi) is 3.48. The minimum absolute atomic E-state index is 0.375. The quantitative estimate of drug-likeness (QED) is 0.768. The van der Waals surface area contributed by atoms with Crippen molar-refractivity contribution in [2.24, 2.45) is 7.05 Å². The summed E-state index contributed by atoms with van der Waals surface area (Å²) in [4.78, 5) is 4.34. The van der Waals surface area contributed by atoms with Gasteiger partial charge in [0.05, 0.1) is 6.04 Å². The van der Waals surface area contributed by atoms with Crippen LogP contribution in [0, 0.1) is 0 Å². The largest absolute Gasteiger partial charge is 0.337 e. The van der Waals surface area contributed by atoms with Crippen LogP contribution < -0.4 is 5.32 Å². The molecule has 3 nitrogen and oxygen atoms in total. The Labute approximate surface area is 80.2 Å². The highest BCUT2D eigenvalue weighted by molar-refractivity contribution is 4.98. The molecule has 0 saturated carbocycles. The van der Waals surface area contributed by atoms with Crippen LogP contribution in [0.1, 0.15) is 39.1 Å². The summed E-state index contributed by atoms with van der Waals surface area (Å²) in [5, 5.41) is 3.49. The summed E-state index contributed by atoms with van der Waals surface area (Å²) in [6.07, 6.45) is 4.91. The molecule has 74 valence electrons. The number of nitrogens with one attached hydrogen (secondary N) is 1. The first kappa shape index (κ1) is 10.3. The van der Waals surface area contributed by atoms with Gasteiger partial charge in [0.25, 0.3) is 0 Å². The summed E-state index contributed by atoms with van der Waals surface area (Å²) >= 11 is 0. The molecule has 1 N–H and O–H groups in total. The lowest BCUT2D eigenvalue weighted by Gasteiger charge is -2.19. The molecule has 1 atom stereocenters. The number of aromatic nitrogens is 2. The Balaban J connectivity index is 2.72. The van der Waals surface area contributed by atoms with Crippen LogP contribution in [0.5, 0.6) is 0 Å². The van der Waals surface area contributed by atoms with Crippen LogP contribution in [0.25, 0.3) is 0 Å². The molecule has 0 amide bonds. The minimum atomic E-state index is 0.375. The van der Waals surface area contributed by atoms with Gasteiger partial charge in [-0.3, -0.25) is 0 Å². The van der Waals surface area contributed by atoms with E-state index in [-0.39, 0.29) is 0 Å². The number of imidazole rings is 1. The van der Waals surface area contributed by atoms with Crippen LogP contribution in [-0.4, -0.2) is 15.6 Å².